The summed E-state index contributed by atoms with van der Waals surface area (Å²) in [5, 5.41) is 22.4. The van der Waals surface area contributed by atoms with Gasteiger partial charge in [-0.3, -0.25) is 14.9 Å². The molecule has 34 heavy (non-hydrogen) atoms. The van der Waals surface area contributed by atoms with Crippen molar-refractivity contribution >= 4 is 40.3 Å². The van der Waals surface area contributed by atoms with E-state index in [0.29, 0.717) is 44.0 Å². The average Bonchev–Trinajstić information content (AvgIpc) is 2.83. The summed E-state index contributed by atoms with van der Waals surface area (Å²) in [4.78, 5) is 24.2. The number of likely N-dealkylation sites (N-methyl/N-ethyl adjacent to an activating group) is 1. The van der Waals surface area contributed by atoms with Gasteiger partial charge >= 0.3 is 5.97 Å². The molecule has 2 aromatic rings. The van der Waals surface area contributed by atoms with Crippen molar-refractivity contribution in [2.75, 3.05) is 44.2 Å². The molecule has 2 rings (SSSR count). The van der Waals surface area contributed by atoms with Gasteiger partial charge in [0.05, 0.1) is 28.6 Å². The van der Waals surface area contributed by atoms with Gasteiger partial charge in [0.15, 0.2) is 0 Å². The van der Waals surface area contributed by atoms with E-state index in [-0.39, 0.29) is 16.7 Å². The van der Waals surface area contributed by atoms with E-state index in [0.717, 1.165) is 31.6 Å². The largest absolute Gasteiger partial charge is 0.464 e. The molecule has 0 atom stereocenters. The number of nitro benzene ring substituents is 1. The van der Waals surface area contributed by atoms with Crippen LogP contribution in [0.3, 0.4) is 0 Å². The zero-order chi connectivity index (χ0) is 24.8. The van der Waals surface area contributed by atoms with Gasteiger partial charge in [0.1, 0.15) is 12.3 Å². The molecule has 184 valence electrons. The number of halogens is 1. The molecule has 10 nitrogen and oxygen atoms in total. The summed E-state index contributed by atoms with van der Waals surface area (Å²) in [6.45, 7) is 5.79. The van der Waals surface area contributed by atoms with Crippen molar-refractivity contribution in [3.8, 4) is 0 Å². The number of azo groups is 1. The molecule has 0 heterocycles. The molecule has 0 fully saturated rings. The van der Waals surface area contributed by atoms with E-state index in [4.69, 9.17) is 22.1 Å². The number of nitrogens with zero attached hydrogens (tertiary/aromatic N) is 4. The third-order valence-electron chi connectivity index (χ3n) is 4.95. The second-order valence-electron chi connectivity index (χ2n) is 7.41. The quantitative estimate of drug-likeness (QED) is 0.121. The highest BCUT2D eigenvalue weighted by Gasteiger charge is 2.10. The Morgan fingerprint density at radius 1 is 1.18 bits per heavy atom. The molecule has 0 amide bonds. The number of nitrogens with two attached hydrogens (primary N) is 1. The fourth-order valence-corrected chi connectivity index (χ4v) is 3.27. The highest BCUT2D eigenvalue weighted by atomic mass is 35.5. The first-order chi connectivity index (χ1) is 16.4. The van der Waals surface area contributed by atoms with Crippen LogP contribution in [0.2, 0.25) is 5.02 Å². The van der Waals surface area contributed by atoms with Gasteiger partial charge in [0.25, 0.3) is 5.69 Å². The highest BCUT2D eigenvalue weighted by molar-refractivity contribution is 6.33. The van der Waals surface area contributed by atoms with Gasteiger partial charge in [0, 0.05) is 30.9 Å². The van der Waals surface area contributed by atoms with Gasteiger partial charge in [-0.2, -0.15) is 5.11 Å². The normalized spacial score (nSPS) is 11.0. The molecule has 0 aliphatic heterocycles. The minimum atomic E-state index is -0.519. The maximum absolute atomic E-state index is 11.9. The minimum Gasteiger partial charge on any atom is -0.464 e. The lowest BCUT2D eigenvalue weighted by molar-refractivity contribution is -0.384. The second kappa shape index (κ2) is 14.9. The molecule has 11 heteroatoms. The van der Waals surface area contributed by atoms with Gasteiger partial charge in [0.2, 0.25) is 0 Å². The van der Waals surface area contributed by atoms with E-state index in [1.54, 1.807) is 0 Å². The molecule has 0 saturated heterocycles. The predicted octanol–water partition coefficient (Wildman–Crippen LogP) is 4.75. The summed E-state index contributed by atoms with van der Waals surface area (Å²) in [5.74, 6) is -0.219. The number of carbonyl (C=O) groups is 1. The van der Waals surface area contributed by atoms with Crippen LogP contribution in [0.5, 0.6) is 0 Å². The number of hydrogen-bond donors (Lipinski definition) is 2. The lowest BCUT2D eigenvalue weighted by Crippen LogP contribution is -2.28. The van der Waals surface area contributed by atoms with Crippen LogP contribution in [0.25, 0.3) is 0 Å². The smallest absolute Gasteiger partial charge is 0.307 e. The number of rotatable bonds is 15. The Kier molecular flexibility index (Phi) is 11.9. The van der Waals surface area contributed by atoms with E-state index in [1.807, 2.05) is 31.2 Å². The molecule has 3 N–H and O–H groups in total. The number of carbonyl (C=O) groups excluding carboxylic acids is 1. The Balaban J connectivity index is 1.80. The summed E-state index contributed by atoms with van der Waals surface area (Å²) in [5.41, 5.74) is 7.27. The zero-order valence-corrected chi connectivity index (χ0v) is 20.0. The van der Waals surface area contributed by atoms with Crippen LogP contribution in [0, 0.1) is 10.1 Å². The number of anilines is 1. The number of ether oxygens (including phenoxy) is 1. The predicted molar refractivity (Wildman–Crippen MR) is 133 cm³/mol. The number of nitrogens with one attached hydrogen (secondary N) is 1. The maximum atomic E-state index is 11.9. The Morgan fingerprint density at radius 3 is 2.59 bits per heavy atom. The first-order valence-corrected chi connectivity index (χ1v) is 11.6. The molecule has 0 aromatic heterocycles. The number of unbranched alkanes of at least 4 members (excludes halogenated alkanes) is 1. The first-order valence-electron chi connectivity index (χ1n) is 11.2. The number of nitro groups is 1. The molecular weight excluding hydrogens is 460 g/mol. The van der Waals surface area contributed by atoms with Gasteiger partial charge < -0.3 is 20.7 Å². The second-order valence-corrected chi connectivity index (χ2v) is 7.81. The van der Waals surface area contributed by atoms with Crippen LogP contribution < -0.4 is 16.0 Å². The van der Waals surface area contributed by atoms with E-state index >= 15 is 0 Å². The third kappa shape index (κ3) is 9.42. The number of hydrogen-bond acceptors (Lipinski definition) is 9. The van der Waals surface area contributed by atoms with Crippen LogP contribution in [-0.2, 0) is 9.53 Å². The number of esters is 1. The fraction of sp³-hybridized carbons (Fsp3) is 0.435. The summed E-state index contributed by atoms with van der Waals surface area (Å²) in [7, 11) is 0. The minimum absolute atomic E-state index is 0.103. The fourth-order valence-electron chi connectivity index (χ4n) is 3.05. The van der Waals surface area contributed by atoms with Crippen LogP contribution in [0.4, 0.5) is 22.7 Å². The Morgan fingerprint density at radius 2 is 1.94 bits per heavy atom. The molecule has 0 saturated carbocycles. The first kappa shape index (κ1) is 27.2. The van der Waals surface area contributed by atoms with Crippen molar-refractivity contribution in [2.45, 2.75) is 26.2 Å². The monoisotopic (exact) mass is 490 g/mol. The lowest BCUT2D eigenvalue weighted by Gasteiger charge is -2.23. The Labute approximate surface area is 204 Å². The van der Waals surface area contributed by atoms with Crippen LogP contribution in [-0.4, -0.2) is 50.2 Å². The van der Waals surface area contributed by atoms with E-state index in [1.165, 1.54) is 18.2 Å². The van der Waals surface area contributed by atoms with Crippen LogP contribution >= 0.6 is 11.6 Å². The summed E-state index contributed by atoms with van der Waals surface area (Å²) in [6, 6.07) is 11.5. The maximum Gasteiger partial charge on any atom is 0.307 e. The molecule has 0 bridgehead atoms. The Bertz CT molecular complexity index is 955. The Hall–Kier alpha value is -3.08. The van der Waals surface area contributed by atoms with Gasteiger partial charge in [-0.25, -0.2) is 0 Å². The molecule has 0 aliphatic carbocycles. The molecule has 0 aliphatic rings. The van der Waals surface area contributed by atoms with Crippen LogP contribution in [0.15, 0.2) is 52.7 Å². The lowest BCUT2D eigenvalue weighted by atomic mass is 10.2. The topological polar surface area (TPSA) is 135 Å². The summed E-state index contributed by atoms with van der Waals surface area (Å²) >= 11 is 6.04. The van der Waals surface area contributed by atoms with Gasteiger partial charge in [-0.1, -0.05) is 11.6 Å². The van der Waals surface area contributed by atoms with Crippen molar-refractivity contribution in [1.29, 1.82) is 0 Å². The SMILES string of the molecule is CCN(CCOC(=O)CCNCCCCN)c1ccc(/N=N/c2ccc([N+](=O)[O-])cc2Cl)cc1. The van der Waals surface area contributed by atoms with Crippen molar-refractivity contribution in [1.82, 2.24) is 5.32 Å². The average molecular weight is 491 g/mol. The number of non-ortho nitro benzene ring substituents is 1. The van der Waals surface area contributed by atoms with Crippen molar-refractivity contribution in [3.05, 3.63) is 57.6 Å². The zero-order valence-electron chi connectivity index (χ0n) is 19.3. The highest BCUT2D eigenvalue weighted by Crippen LogP contribution is 2.30. The van der Waals surface area contributed by atoms with E-state index in [2.05, 4.69) is 20.4 Å². The molecule has 2 aromatic carbocycles. The summed E-state index contributed by atoms with van der Waals surface area (Å²) in [6.07, 6.45) is 2.32. The number of benzene rings is 2. The van der Waals surface area contributed by atoms with Gasteiger partial charge in [-0.15, -0.1) is 5.11 Å². The molecular formula is C23H31ClN6O4. The standard InChI is InChI=1S/C23H31ClN6O4/c1-2-29(15-16-34-23(31)11-14-26-13-4-3-12-25)19-7-5-18(6-8-19)27-28-22-10-9-20(30(32)33)17-21(22)24/h5-10,17,26H,2-4,11-16,25H2,1H3/b28-27+. The van der Waals surface area contributed by atoms with Gasteiger partial charge in [-0.05, 0) is 63.2 Å². The van der Waals surface area contributed by atoms with Crippen molar-refractivity contribution in [2.24, 2.45) is 16.0 Å². The molecule has 0 unspecified atom stereocenters. The van der Waals surface area contributed by atoms with E-state index in [9.17, 15) is 14.9 Å². The molecule has 0 radical (unpaired) electrons. The third-order valence-corrected chi connectivity index (χ3v) is 5.25. The molecule has 0 spiro atoms. The van der Waals surface area contributed by atoms with Crippen molar-refractivity contribution in [3.63, 3.8) is 0 Å². The van der Waals surface area contributed by atoms with E-state index < -0.39 is 4.92 Å². The van der Waals surface area contributed by atoms with Crippen LogP contribution in [0.1, 0.15) is 26.2 Å². The summed E-state index contributed by atoms with van der Waals surface area (Å²) < 4.78 is 5.34. The van der Waals surface area contributed by atoms with Crippen molar-refractivity contribution < 1.29 is 14.5 Å².